The molecule has 0 aliphatic carbocycles. The van der Waals surface area contributed by atoms with Crippen molar-refractivity contribution in [1.82, 2.24) is 0 Å². The van der Waals surface area contributed by atoms with Gasteiger partial charge in [-0.25, -0.2) is 0 Å². The Bertz CT molecular complexity index is 294. The first-order chi connectivity index (χ1) is 14.7. The van der Waals surface area contributed by atoms with Gasteiger partial charge >= 0.3 is 236 Å². The van der Waals surface area contributed by atoms with Crippen LogP contribution in [0.5, 0.6) is 0 Å². The molecule has 0 saturated carbocycles. The maximum absolute atomic E-state index is 9.33. The predicted octanol–water partition coefficient (Wildman–Crippen LogP) is -12.1. The Kier molecular flexibility index (Phi) is 1580. The standard InChI is InChI=1S/6CN.CH3O2.CH2O2.2Bi.Fe.6Na.H2O4.H2O.2O.W.H2/c6*1-2;2*2-1-3;;;;;;;;;;1-3-4-2;;;;;/h;;;;;;2H,1H2;1H,(H,2,3);;;;;;;;;;1-2H;1H2;;;;1H/q7*-1;;;+1;+6;;;;;2*+1;;;;;;/p-2. The molecule has 0 heterocycles. The number of aliphatic hydroxyl groups is 1. The molecular formula is C8H9Bi2FeN6Na6O11W. The first-order valence-corrected chi connectivity index (χ1v) is 25.7. The van der Waals surface area contributed by atoms with E-state index < -0.39 is 36.9 Å². The van der Waals surface area contributed by atoms with Gasteiger partial charge in [0.05, 0.1) is 0 Å². The summed E-state index contributed by atoms with van der Waals surface area (Å²) in [6.45, 7) is 27.0. The van der Waals surface area contributed by atoms with Crippen LogP contribution in [0.2, 0.25) is 0 Å². The fourth-order valence-corrected chi connectivity index (χ4v) is 0.228. The second-order valence-electron chi connectivity index (χ2n) is 0.517. The maximum atomic E-state index is 9.33. The molecule has 0 aromatic rings. The molecule has 0 atom stereocenters. The zero-order valence-electron chi connectivity index (χ0n) is 19.3. The Morgan fingerprint density at radius 1 is 0.886 bits per heavy atom. The minimum Gasteiger partial charge on any atom is 0 e. The van der Waals surface area contributed by atoms with Gasteiger partial charge in [-0.2, -0.15) is 0 Å². The molecule has 1 radical (unpaired) electrons. The monoisotopic (exact) mass is 1160 g/mol. The molecule has 167 valence electrons. The van der Waals surface area contributed by atoms with Gasteiger partial charge in [-0.1, -0.05) is 0 Å². The van der Waals surface area contributed by atoms with Crippen LogP contribution in [0.15, 0.2) is 0 Å². The summed E-state index contributed by atoms with van der Waals surface area (Å²) in [6, 6.07) is 0. The largest absolute Gasteiger partial charge is 0 e. The third kappa shape index (κ3) is 879. The van der Waals surface area contributed by atoms with E-state index in [2.05, 4.69) is 13.0 Å². The van der Waals surface area contributed by atoms with Crippen molar-refractivity contribution < 1.29 is 148 Å². The van der Waals surface area contributed by atoms with Crippen LogP contribution in [0.25, 0.3) is 0 Å². The van der Waals surface area contributed by atoms with E-state index in [1.54, 1.807) is 0 Å². The number of hydrogen-bond donors (Lipinski definition) is 2. The molecular weight excluding hydrogens is 1150 g/mol. The SMILES string of the molecule is O.O=C[O-].[C-]#N.[C-]#N.[C-]#N.[C-]#N.[C-]#N.[C-]#N.[Fe+6].[HH].[Na+].[Na+].[Na][Na].[Na][Na].[O-]CO.[O]=[Bi].[O]=[Bi][O]OOO.[W]. The van der Waals surface area contributed by atoms with Crippen molar-refractivity contribution in [2.75, 3.05) is 6.79 Å². The Morgan fingerprint density at radius 3 is 1.03 bits per heavy atom. The molecule has 0 spiro atoms. The summed E-state index contributed by atoms with van der Waals surface area (Å²) in [7, 11) is 0. The number of carbonyl (C=O) groups excluding carboxylic acids is 1. The fourth-order valence-electron chi connectivity index (χ4n) is 0.0260. The van der Waals surface area contributed by atoms with Crippen LogP contribution >= 0.6 is 0 Å². The summed E-state index contributed by atoms with van der Waals surface area (Å²) >= 11 is 3.83. The Balaban J connectivity index is -0.00000000622. The molecule has 27 heteroatoms. The Hall–Kier alpha value is 4.70. The van der Waals surface area contributed by atoms with Gasteiger partial charge in [-0.3, -0.25) is 0 Å². The van der Waals surface area contributed by atoms with Crippen LogP contribution < -0.4 is 69.3 Å². The minimum absolute atomic E-state index is 0. The molecule has 4 N–H and O–H groups in total. The van der Waals surface area contributed by atoms with Gasteiger partial charge < -0.3 is 96.6 Å². The van der Waals surface area contributed by atoms with Gasteiger partial charge in [0, 0.05) is 29.0 Å². The second kappa shape index (κ2) is 480. The Labute approximate surface area is 359 Å². The average Bonchev–Trinajstić information content (AvgIpc) is 2.90. The minimum atomic E-state index is -2.14. The van der Waals surface area contributed by atoms with Crippen molar-refractivity contribution >= 4 is 142 Å². The first-order valence-electron chi connectivity index (χ1n) is 5.48. The first kappa shape index (κ1) is 115. The summed E-state index contributed by atoms with van der Waals surface area (Å²) in [6.07, 6.45) is 0. The molecule has 0 aliphatic rings. The third-order valence-electron chi connectivity index (χ3n) is 0.0913. The normalized spacial score (nSPS) is 3.17. The number of aliphatic hydroxyl groups excluding tert-OH is 1. The van der Waals surface area contributed by atoms with Crippen molar-refractivity contribution in [3.63, 3.8) is 0 Å². The maximum Gasteiger partial charge on any atom is 0 e. The van der Waals surface area contributed by atoms with Gasteiger partial charge in [0.1, 0.15) is 0 Å². The molecule has 0 aliphatic heterocycles. The molecule has 0 bridgehead atoms. The van der Waals surface area contributed by atoms with E-state index in [1.165, 1.54) is 87.2 Å². The molecule has 35 heavy (non-hydrogen) atoms. The van der Waals surface area contributed by atoms with E-state index in [9.17, 15) is 2.81 Å². The van der Waals surface area contributed by atoms with Gasteiger partial charge in [0.15, 0.2) is 0 Å². The summed E-state index contributed by atoms with van der Waals surface area (Å²) in [4.78, 5) is 8.25. The van der Waals surface area contributed by atoms with E-state index in [0.29, 0.717) is 0 Å². The molecule has 17 nitrogen and oxygen atoms in total. The molecule has 0 unspecified atom stereocenters. The van der Waals surface area contributed by atoms with E-state index in [-0.39, 0.29) is 129 Å². The molecule has 0 amide bonds. The third-order valence-corrected chi connectivity index (χ3v) is 0.564. The van der Waals surface area contributed by atoms with Crippen molar-refractivity contribution in [3.8, 4) is 0 Å². The molecule has 0 aromatic heterocycles. The summed E-state index contributed by atoms with van der Waals surface area (Å²) in [5.41, 5.74) is 0. The zero-order chi connectivity index (χ0) is 28.2. The van der Waals surface area contributed by atoms with Crippen molar-refractivity contribution in [3.05, 3.63) is 39.4 Å². The van der Waals surface area contributed by atoms with E-state index in [0.717, 1.165) is 0 Å². The summed E-state index contributed by atoms with van der Waals surface area (Å²) in [5, 5.41) is 74.7. The number of nitrogens with zero attached hydrogens (tertiary/aromatic N) is 6. The molecule has 0 fully saturated rings. The van der Waals surface area contributed by atoms with Gasteiger partial charge in [-0.15, -0.1) is 0 Å². The van der Waals surface area contributed by atoms with Gasteiger partial charge in [0.25, 0.3) is 0 Å². The van der Waals surface area contributed by atoms with Crippen LogP contribution in [0.3, 0.4) is 0 Å². The smallest absolute Gasteiger partial charge is 0 e. The van der Waals surface area contributed by atoms with E-state index in [1.807, 2.05) is 0 Å². The quantitative estimate of drug-likeness (QED) is 0.0504. The van der Waals surface area contributed by atoms with Crippen LogP contribution in [0, 0.1) is 71.0 Å². The van der Waals surface area contributed by atoms with Crippen LogP contribution in [0.1, 0.15) is 1.43 Å². The second-order valence-corrected chi connectivity index (χ2v) is 1.68. The van der Waals surface area contributed by atoms with Gasteiger partial charge in [-0.05, 0) is 6.79 Å². The van der Waals surface area contributed by atoms with Crippen LogP contribution in [-0.4, -0.2) is 165 Å². The topological polar surface area (TPSA) is 340 Å². The molecule has 0 rings (SSSR count). The number of carboxylic acid groups (broad SMARTS) is 1. The van der Waals surface area contributed by atoms with E-state index >= 15 is 0 Å². The summed E-state index contributed by atoms with van der Waals surface area (Å²) < 4.78 is 21.3. The van der Waals surface area contributed by atoms with Gasteiger partial charge in [0.2, 0.25) is 0 Å². The van der Waals surface area contributed by atoms with Crippen LogP contribution in [-0.2, 0) is 61.6 Å². The van der Waals surface area contributed by atoms with Crippen molar-refractivity contribution in [1.29, 1.82) is 31.6 Å². The van der Waals surface area contributed by atoms with Crippen LogP contribution in [0.4, 0.5) is 0 Å². The molecule has 0 saturated heterocycles. The van der Waals surface area contributed by atoms with Crippen molar-refractivity contribution in [2.45, 2.75) is 0 Å². The van der Waals surface area contributed by atoms with Crippen molar-refractivity contribution in [2.24, 2.45) is 0 Å². The number of carbonyl (C=O) groups is 1. The zero-order valence-corrected chi connectivity index (χ0v) is 42.3. The summed E-state index contributed by atoms with van der Waals surface area (Å²) in [5.74, 6) is 0. The molecule has 0 aromatic carbocycles. The van der Waals surface area contributed by atoms with E-state index in [4.69, 9.17) is 99.2 Å². The fraction of sp³-hybridized carbons (Fsp3) is 0.125. The predicted molar refractivity (Wildman–Crippen MR) is 90.5 cm³/mol. The number of hydrogen-bond acceptors (Lipinski definition) is 16. The average molecular weight is 1160 g/mol. The Morgan fingerprint density at radius 2 is 1.00 bits per heavy atom. The number of rotatable bonds is 3.